The molecule has 20 rings (SSSR count). The van der Waals surface area contributed by atoms with E-state index >= 15 is 0 Å². The Bertz CT molecular complexity index is 5830. The van der Waals surface area contributed by atoms with E-state index in [4.69, 9.17) is 9.97 Å². The van der Waals surface area contributed by atoms with Gasteiger partial charge in [-0.15, -0.1) is 0 Å². The van der Waals surface area contributed by atoms with Crippen LogP contribution in [0.5, 0.6) is 0 Å². The zero-order chi connectivity index (χ0) is 67.9. The first-order chi connectivity index (χ1) is 51.0. The molecule has 0 atom stereocenters. The molecule has 0 amide bonds. The molecule has 0 fully saturated rings. The van der Waals surface area contributed by atoms with E-state index in [9.17, 15) is 0 Å². The molecule has 0 radical (unpaired) electrons. The van der Waals surface area contributed by atoms with Crippen LogP contribution in [0.15, 0.2) is 382 Å². The van der Waals surface area contributed by atoms with E-state index in [0.29, 0.717) is 5.82 Å². The summed E-state index contributed by atoms with van der Waals surface area (Å²) in [7, 11) is 0. The molecule has 2 aliphatic rings. The molecule has 0 unspecified atom stereocenters. The van der Waals surface area contributed by atoms with Crippen molar-refractivity contribution in [1.82, 2.24) is 9.97 Å². The van der Waals surface area contributed by atoms with Gasteiger partial charge in [0.2, 0.25) is 0 Å². The molecule has 0 aliphatic carbocycles. The fourth-order valence-corrected chi connectivity index (χ4v) is 16.2. The third-order valence-electron chi connectivity index (χ3n) is 21.1. The fraction of sp³-hybridized carbons (Fsp3) is 0. The highest BCUT2D eigenvalue weighted by molar-refractivity contribution is 7.00. The number of nitrogens with zero attached hydrogens (tertiary/aromatic N) is 4. The lowest BCUT2D eigenvalue weighted by atomic mass is 9.33. The minimum atomic E-state index is -0.215. The Morgan fingerprint density at radius 3 is 0.854 bits per heavy atom. The van der Waals surface area contributed by atoms with Crippen LogP contribution in [0.25, 0.3) is 144 Å². The van der Waals surface area contributed by atoms with Gasteiger partial charge in [0.05, 0.1) is 11.4 Å². The lowest BCUT2D eigenvalue weighted by Gasteiger charge is -2.44. The molecule has 0 N–H and O–H groups in total. The maximum absolute atomic E-state index is 5.97. The zero-order valence-corrected chi connectivity index (χ0v) is 56.2. The third-order valence-corrected chi connectivity index (χ3v) is 21.1. The lowest BCUT2D eigenvalue weighted by Crippen LogP contribution is -2.61. The van der Waals surface area contributed by atoms with Gasteiger partial charge in [0, 0.05) is 50.8 Å². The molecule has 17 aromatic carbocycles. The van der Waals surface area contributed by atoms with E-state index in [1.165, 1.54) is 70.6 Å². The summed E-state index contributed by atoms with van der Waals surface area (Å²) in [5, 5.41) is 9.62. The third kappa shape index (κ3) is 10.6. The van der Waals surface area contributed by atoms with Gasteiger partial charge in [0.25, 0.3) is 6.71 Å². The summed E-state index contributed by atoms with van der Waals surface area (Å²) in [6.07, 6.45) is 0. The van der Waals surface area contributed by atoms with Crippen molar-refractivity contribution in [2.45, 2.75) is 0 Å². The highest BCUT2D eigenvalue weighted by Crippen LogP contribution is 2.49. The summed E-state index contributed by atoms with van der Waals surface area (Å²) in [5.74, 6) is 0.602. The molecule has 0 bridgehead atoms. The highest BCUT2D eigenvalue weighted by atomic mass is 15.2. The molecular weight excluding hydrogens is 1240 g/mol. The van der Waals surface area contributed by atoms with Crippen molar-refractivity contribution in [2.24, 2.45) is 0 Å². The SMILES string of the molecule is c1ccc(-c2ccc(N3c4cc5c(ccc6ccccc65)cc4B4c5cc6ccc7ccccc7c6cc5N(c5ccc(-c6ccccc6)cc5)c5cc(-c6nc(-c7cc(-c8ccccc8)cc(-c8ccccc8)c7)cc(-c7cc(-c8ccccc8)cc(-c8ccccc8)c7)n6)cc3c54)cc2)cc1. The monoisotopic (exact) mass is 1310 g/mol. The maximum Gasteiger partial charge on any atom is 0.252 e. The lowest BCUT2D eigenvalue weighted by molar-refractivity contribution is 1.18. The molecule has 4 nitrogen and oxygen atoms in total. The molecule has 2 aliphatic heterocycles. The van der Waals surface area contributed by atoms with E-state index in [-0.39, 0.29) is 6.71 Å². The highest BCUT2D eigenvalue weighted by Gasteiger charge is 2.44. The van der Waals surface area contributed by atoms with E-state index in [2.05, 4.69) is 392 Å². The first kappa shape index (κ1) is 59.6. The first-order valence-electron chi connectivity index (χ1n) is 35.4. The Labute approximate surface area is 599 Å². The number of aromatic nitrogens is 2. The van der Waals surface area contributed by atoms with Crippen molar-refractivity contribution in [3.05, 3.63) is 382 Å². The molecule has 0 spiro atoms. The fourth-order valence-electron chi connectivity index (χ4n) is 16.2. The number of benzene rings is 17. The van der Waals surface area contributed by atoms with Gasteiger partial charge in [-0.25, -0.2) is 9.97 Å². The van der Waals surface area contributed by atoms with Gasteiger partial charge in [-0.05, 0) is 217 Å². The number of rotatable bonds is 11. The molecule has 1 aromatic heterocycles. The van der Waals surface area contributed by atoms with Crippen molar-refractivity contribution in [2.75, 3.05) is 9.80 Å². The topological polar surface area (TPSA) is 32.3 Å². The van der Waals surface area contributed by atoms with Crippen LogP contribution >= 0.6 is 0 Å². The van der Waals surface area contributed by atoms with Crippen LogP contribution in [0.1, 0.15) is 0 Å². The van der Waals surface area contributed by atoms with Crippen LogP contribution < -0.4 is 26.2 Å². The number of hydrogen-bond acceptors (Lipinski definition) is 4. The van der Waals surface area contributed by atoms with Crippen LogP contribution in [0.4, 0.5) is 34.1 Å². The molecule has 478 valence electrons. The summed E-state index contributed by atoms with van der Waals surface area (Å²) in [5.41, 5.74) is 28.1. The van der Waals surface area contributed by atoms with Gasteiger partial charge in [-0.1, -0.05) is 291 Å². The minimum Gasteiger partial charge on any atom is -0.311 e. The molecule has 0 saturated heterocycles. The zero-order valence-electron chi connectivity index (χ0n) is 56.2. The molecule has 0 saturated carbocycles. The van der Waals surface area contributed by atoms with Gasteiger partial charge in [0.15, 0.2) is 5.82 Å². The van der Waals surface area contributed by atoms with Crippen molar-refractivity contribution in [1.29, 1.82) is 0 Å². The summed E-state index contributed by atoms with van der Waals surface area (Å²) in [6.45, 7) is -0.215. The Balaban J connectivity index is 0.910. The Morgan fingerprint density at radius 2 is 0.495 bits per heavy atom. The van der Waals surface area contributed by atoms with Crippen molar-refractivity contribution < 1.29 is 0 Å². The molecule has 5 heteroatoms. The molecule has 3 heterocycles. The summed E-state index contributed by atoms with van der Waals surface area (Å²) >= 11 is 0. The molecule has 103 heavy (non-hydrogen) atoms. The Morgan fingerprint density at radius 1 is 0.194 bits per heavy atom. The second-order valence-corrected chi connectivity index (χ2v) is 27.2. The number of anilines is 6. The first-order valence-corrected chi connectivity index (χ1v) is 35.4. The van der Waals surface area contributed by atoms with Gasteiger partial charge in [0.1, 0.15) is 0 Å². The standard InChI is InChI=1S/C98H63BN4/c1-7-23-64(24-8-1)70-43-47-83(48-44-70)102-93-61-87-74(41-39-72-35-19-21-37-85(72)87)57-89(93)99-90-58-75-42-40-73-36-20-22-38-86(73)88(75)62-94(90)103(84-49-45-71(46-50-84)65-25-9-2-10-26-65)96-60-82(59-95(102)97(96)99)98-100-91(80-53-76(66-27-11-3-12-28-66)51-77(54-80)67-29-13-4-14-30-67)63-92(101-98)81-55-78(68-31-15-5-16-32-68)52-79(56-81)69-33-17-6-18-34-69/h1-63H. The van der Waals surface area contributed by atoms with Crippen LogP contribution in [-0.4, -0.2) is 16.7 Å². The van der Waals surface area contributed by atoms with Crippen LogP contribution in [0, 0.1) is 0 Å². The largest absolute Gasteiger partial charge is 0.311 e. The summed E-state index contributed by atoms with van der Waals surface area (Å²) in [6, 6.07) is 141. The van der Waals surface area contributed by atoms with E-state index in [0.717, 1.165) is 118 Å². The van der Waals surface area contributed by atoms with E-state index in [1.807, 2.05) is 0 Å². The Hall–Kier alpha value is -13.5. The van der Waals surface area contributed by atoms with Crippen LogP contribution in [-0.2, 0) is 0 Å². The van der Waals surface area contributed by atoms with Gasteiger partial charge >= 0.3 is 0 Å². The predicted molar refractivity (Wildman–Crippen MR) is 435 cm³/mol. The maximum atomic E-state index is 5.97. The van der Waals surface area contributed by atoms with Crippen LogP contribution in [0.3, 0.4) is 0 Å². The molecular formula is C98H63BN4. The van der Waals surface area contributed by atoms with Crippen molar-refractivity contribution >= 4 is 100 Å². The molecule has 18 aromatic rings. The van der Waals surface area contributed by atoms with Gasteiger partial charge in [-0.3, -0.25) is 0 Å². The van der Waals surface area contributed by atoms with E-state index in [1.54, 1.807) is 0 Å². The summed E-state index contributed by atoms with van der Waals surface area (Å²) in [4.78, 5) is 17.0. The number of fused-ring (bicyclic) bond motifs is 10. The number of hydrogen-bond donors (Lipinski definition) is 0. The quantitative estimate of drug-likeness (QED) is 0.0954. The average Bonchev–Trinajstić information content (AvgIpc) is 0.688. The summed E-state index contributed by atoms with van der Waals surface area (Å²) < 4.78 is 0. The van der Waals surface area contributed by atoms with Crippen LogP contribution in [0.2, 0.25) is 0 Å². The second-order valence-electron chi connectivity index (χ2n) is 27.2. The van der Waals surface area contributed by atoms with E-state index < -0.39 is 0 Å². The second kappa shape index (κ2) is 24.8. The van der Waals surface area contributed by atoms with Gasteiger partial charge in [-0.2, -0.15) is 0 Å². The van der Waals surface area contributed by atoms with Gasteiger partial charge < -0.3 is 9.80 Å². The smallest absolute Gasteiger partial charge is 0.252 e. The minimum absolute atomic E-state index is 0.215. The predicted octanol–water partition coefficient (Wildman–Crippen LogP) is 24.2. The Kier molecular flexibility index (Phi) is 14.3. The van der Waals surface area contributed by atoms with Crippen molar-refractivity contribution in [3.8, 4) is 101 Å². The van der Waals surface area contributed by atoms with Crippen molar-refractivity contribution in [3.63, 3.8) is 0 Å². The normalized spacial score (nSPS) is 12.2. The average molecular weight is 1310 g/mol.